The molecule has 2 aliphatic heterocycles. The van der Waals surface area contributed by atoms with Crippen molar-refractivity contribution >= 4 is 22.9 Å². The molecule has 2 fully saturated rings. The summed E-state index contributed by atoms with van der Waals surface area (Å²) in [5, 5.41) is 0. The van der Waals surface area contributed by atoms with E-state index in [1.54, 1.807) is 0 Å². The van der Waals surface area contributed by atoms with Gasteiger partial charge in [-0.1, -0.05) is 0 Å². The molecule has 0 aliphatic carbocycles. The fraction of sp³-hybridized carbons (Fsp3) is 1.00. The monoisotopic (exact) mass is 365 g/mol. The van der Waals surface area contributed by atoms with E-state index in [9.17, 15) is 0 Å². The van der Waals surface area contributed by atoms with Crippen LogP contribution in [0, 0.1) is 5.92 Å². The fourth-order valence-corrected chi connectivity index (χ4v) is 3.75. The van der Waals surface area contributed by atoms with Gasteiger partial charge in [-0.2, -0.15) is 0 Å². The van der Waals surface area contributed by atoms with E-state index in [2.05, 4.69) is 49.9 Å². The number of hydrogen-bond donors (Lipinski definition) is 0. The maximum absolute atomic E-state index is 2.63. The van der Waals surface area contributed by atoms with Crippen LogP contribution < -0.4 is 0 Å². The molecule has 0 amide bonds. The van der Waals surface area contributed by atoms with Gasteiger partial charge in [0.15, 0.2) is 0 Å². The molecule has 2 aliphatic rings. The second-order valence-corrected chi connectivity index (χ2v) is 7.52. The normalized spacial score (nSPS) is 26.0. The zero-order chi connectivity index (χ0) is 13.0. The molecule has 0 spiro atoms. The first-order valence-electron chi connectivity index (χ1n) is 7.44. The Morgan fingerprint density at radius 2 is 1.67 bits per heavy atom. The van der Waals surface area contributed by atoms with E-state index < -0.39 is 0 Å². The lowest BCUT2D eigenvalue weighted by molar-refractivity contribution is 0.134. The quantitative estimate of drug-likeness (QED) is 0.560. The first-order chi connectivity index (χ1) is 8.65. The minimum atomic E-state index is 0.839. The minimum Gasteiger partial charge on any atom is -0.306 e. The molecule has 0 unspecified atom stereocenters. The van der Waals surface area contributed by atoms with E-state index in [4.69, 9.17) is 0 Å². The Morgan fingerprint density at radius 1 is 1.06 bits per heavy atom. The highest BCUT2D eigenvalue weighted by molar-refractivity contribution is 14.1. The highest BCUT2D eigenvalue weighted by Crippen LogP contribution is 2.23. The Balaban J connectivity index is 1.63. The van der Waals surface area contributed by atoms with Gasteiger partial charge in [0, 0.05) is 42.0 Å². The summed E-state index contributed by atoms with van der Waals surface area (Å²) in [5.74, 6) is 0.977. The van der Waals surface area contributed by atoms with Crippen LogP contribution in [0.3, 0.4) is 0 Å². The fourth-order valence-electron chi connectivity index (χ4n) is 3.19. The lowest BCUT2D eigenvalue weighted by Gasteiger charge is -2.36. The van der Waals surface area contributed by atoms with Gasteiger partial charge in [0.05, 0.1) is 0 Å². The van der Waals surface area contributed by atoms with Gasteiger partial charge in [-0.05, 0) is 71.8 Å². The van der Waals surface area contributed by atoms with Crippen LogP contribution in [-0.4, -0.2) is 65.8 Å². The minimum absolute atomic E-state index is 0.839. The first-order valence-corrected chi connectivity index (χ1v) is 8.41. The summed E-state index contributed by atoms with van der Waals surface area (Å²) >= 11 is 2.46. The van der Waals surface area contributed by atoms with Gasteiger partial charge in [-0.15, -0.1) is 0 Å². The number of halogens is 1. The van der Waals surface area contributed by atoms with Crippen molar-refractivity contribution in [2.24, 2.45) is 5.92 Å². The van der Waals surface area contributed by atoms with Gasteiger partial charge >= 0.3 is 0 Å². The van der Waals surface area contributed by atoms with E-state index in [1.165, 1.54) is 64.8 Å². The smallest absolute Gasteiger partial charge is 0.0201 e. The average Bonchev–Trinajstić information content (AvgIpc) is 2.38. The molecule has 2 saturated heterocycles. The zero-order valence-corrected chi connectivity index (χ0v) is 14.1. The standard InChI is InChI=1S/C14H28IN3/c1-16-8-6-14(7-9-16)17(2)10-3-13-4-11-18(15)12-5-13/h13-14H,3-12H2,1-2H3. The SMILES string of the molecule is CN1CCC(N(C)CCC2CCN(I)CC2)CC1. The molecule has 4 heteroatoms. The third-order valence-corrected chi connectivity index (χ3v) is 5.73. The largest absolute Gasteiger partial charge is 0.306 e. The van der Waals surface area contributed by atoms with Crippen molar-refractivity contribution in [3.05, 3.63) is 0 Å². The van der Waals surface area contributed by atoms with Crippen molar-refractivity contribution in [1.82, 2.24) is 12.9 Å². The Bertz CT molecular complexity index is 233. The van der Waals surface area contributed by atoms with Gasteiger partial charge < -0.3 is 9.80 Å². The maximum Gasteiger partial charge on any atom is 0.0201 e. The summed E-state index contributed by atoms with van der Waals surface area (Å²) in [7, 11) is 4.58. The van der Waals surface area contributed by atoms with Crippen LogP contribution in [0.25, 0.3) is 0 Å². The van der Waals surface area contributed by atoms with Crippen LogP contribution in [0.2, 0.25) is 0 Å². The summed E-state index contributed by atoms with van der Waals surface area (Å²) in [4.78, 5) is 5.09. The summed E-state index contributed by atoms with van der Waals surface area (Å²) in [6, 6.07) is 0.839. The van der Waals surface area contributed by atoms with E-state index >= 15 is 0 Å². The molecule has 2 heterocycles. The van der Waals surface area contributed by atoms with Crippen LogP contribution in [-0.2, 0) is 0 Å². The second-order valence-electron chi connectivity index (χ2n) is 6.16. The maximum atomic E-state index is 2.63. The van der Waals surface area contributed by atoms with Crippen molar-refractivity contribution < 1.29 is 0 Å². The topological polar surface area (TPSA) is 9.72 Å². The number of likely N-dealkylation sites (tertiary alicyclic amines) is 1. The van der Waals surface area contributed by atoms with Crippen molar-refractivity contribution in [1.29, 1.82) is 0 Å². The number of rotatable bonds is 4. The van der Waals surface area contributed by atoms with Crippen molar-refractivity contribution in [2.45, 2.75) is 38.1 Å². The van der Waals surface area contributed by atoms with E-state index in [0.717, 1.165) is 12.0 Å². The van der Waals surface area contributed by atoms with E-state index in [-0.39, 0.29) is 0 Å². The molecule has 0 aromatic rings. The van der Waals surface area contributed by atoms with Crippen molar-refractivity contribution in [3.8, 4) is 0 Å². The molecule has 0 bridgehead atoms. The van der Waals surface area contributed by atoms with E-state index in [0.29, 0.717) is 0 Å². The van der Waals surface area contributed by atoms with Crippen LogP contribution in [0.1, 0.15) is 32.1 Å². The van der Waals surface area contributed by atoms with Gasteiger partial charge in [-0.25, -0.2) is 3.11 Å². The molecular formula is C14H28IN3. The average molecular weight is 365 g/mol. The van der Waals surface area contributed by atoms with Gasteiger partial charge in [-0.3, -0.25) is 0 Å². The molecule has 2 rings (SSSR count). The van der Waals surface area contributed by atoms with E-state index in [1.807, 2.05) is 0 Å². The summed E-state index contributed by atoms with van der Waals surface area (Å²) in [6.07, 6.45) is 6.94. The highest BCUT2D eigenvalue weighted by atomic mass is 127. The van der Waals surface area contributed by atoms with Crippen LogP contribution >= 0.6 is 22.9 Å². The molecule has 106 valence electrons. The van der Waals surface area contributed by atoms with Crippen LogP contribution in [0.4, 0.5) is 0 Å². The lowest BCUT2D eigenvalue weighted by atomic mass is 9.94. The Labute approximate surface area is 126 Å². The zero-order valence-electron chi connectivity index (χ0n) is 11.9. The molecule has 0 atom stereocenters. The summed E-state index contributed by atoms with van der Waals surface area (Å²) in [5.41, 5.74) is 0. The molecule has 0 aromatic carbocycles. The number of nitrogens with zero attached hydrogens (tertiary/aromatic N) is 3. The van der Waals surface area contributed by atoms with Crippen molar-refractivity contribution in [2.75, 3.05) is 46.8 Å². The molecule has 0 N–H and O–H groups in total. The van der Waals surface area contributed by atoms with Crippen LogP contribution in [0.15, 0.2) is 0 Å². The number of piperidine rings is 2. The van der Waals surface area contributed by atoms with Gasteiger partial charge in [0.2, 0.25) is 0 Å². The second kappa shape index (κ2) is 7.41. The van der Waals surface area contributed by atoms with Crippen molar-refractivity contribution in [3.63, 3.8) is 0 Å². The predicted molar refractivity (Wildman–Crippen MR) is 86.1 cm³/mol. The first kappa shape index (κ1) is 15.0. The third-order valence-electron chi connectivity index (χ3n) is 4.76. The molecule has 3 nitrogen and oxygen atoms in total. The third kappa shape index (κ3) is 4.62. The molecular weight excluding hydrogens is 337 g/mol. The number of hydrogen-bond acceptors (Lipinski definition) is 3. The molecule has 0 aromatic heterocycles. The Kier molecular flexibility index (Phi) is 6.18. The van der Waals surface area contributed by atoms with Gasteiger partial charge in [0.25, 0.3) is 0 Å². The molecule has 18 heavy (non-hydrogen) atoms. The summed E-state index contributed by atoms with van der Waals surface area (Å²) in [6.45, 7) is 6.46. The van der Waals surface area contributed by atoms with Gasteiger partial charge in [0.1, 0.15) is 0 Å². The Hall–Kier alpha value is 0.610. The predicted octanol–water partition coefficient (Wildman–Crippen LogP) is 2.46. The van der Waals surface area contributed by atoms with Crippen LogP contribution in [0.5, 0.6) is 0 Å². The Morgan fingerprint density at radius 3 is 2.28 bits per heavy atom. The molecule has 0 saturated carbocycles. The molecule has 0 radical (unpaired) electrons. The highest BCUT2D eigenvalue weighted by Gasteiger charge is 2.22. The lowest BCUT2D eigenvalue weighted by Crippen LogP contribution is -2.42. The summed E-state index contributed by atoms with van der Waals surface area (Å²) < 4.78 is 2.44.